The van der Waals surface area contributed by atoms with Crippen molar-refractivity contribution in [3.63, 3.8) is 0 Å². The first-order chi connectivity index (χ1) is 20.1. The zero-order valence-corrected chi connectivity index (χ0v) is 24.2. The maximum atomic E-state index is 13.1. The lowest BCUT2D eigenvalue weighted by Crippen LogP contribution is -2.33. The van der Waals surface area contributed by atoms with Gasteiger partial charge in [-0.25, -0.2) is 4.79 Å². The summed E-state index contributed by atoms with van der Waals surface area (Å²) in [5.74, 6) is -0.741. The van der Waals surface area contributed by atoms with Gasteiger partial charge in [0.1, 0.15) is 6.33 Å². The van der Waals surface area contributed by atoms with E-state index in [-0.39, 0.29) is 17.5 Å². The Labute approximate surface area is 250 Å². The zero-order chi connectivity index (χ0) is 30.2. The van der Waals surface area contributed by atoms with Crippen molar-refractivity contribution in [2.45, 2.75) is 12.5 Å². The predicted octanol–water partition coefficient (Wildman–Crippen LogP) is 3.95. The fourth-order valence-electron chi connectivity index (χ4n) is 3.79. The maximum Gasteiger partial charge on any atom is 0.411 e. The molecule has 0 aliphatic rings. The standard InChI is InChI=1S/C27H25Cl2N9O4/c1-37(2)25(40)14-22(32-24(39)11-6-17-12-18(28)7-10-23(17)38-15-30-35-36-38)20-13-21(33-34-26(20)29)16-4-8-19(9-5-16)31-27(41)42-3/h4-13,15,22H,14H2,1-3H3,(H,31,41)(H,32,39). The molecule has 13 nitrogen and oxygen atoms in total. The van der Waals surface area contributed by atoms with E-state index in [1.807, 2.05) is 0 Å². The minimum absolute atomic E-state index is 0.0272. The van der Waals surface area contributed by atoms with Gasteiger partial charge in [-0.3, -0.25) is 14.9 Å². The molecular weight excluding hydrogens is 585 g/mol. The second kappa shape index (κ2) is 13.7. The first kappa shape index (κ1) is 30.1. The number of hydrogen-bond donors (Lipinski definition) is 2. The van der Waals surface area contributed by atoms with E-state index in [0.717, 1.165) is 0 Å². The summed E-state index contributed by atoms with van der Waals surface area (Å²) in [6.07, 6.45) is 3.60. The van der Waals surface area contributed by atoms with Crippen molar-refractivity contribution in [2.75, 3.05) is 26.5 Å². The number of rotatable bonds is 9. The van der Waals surface area contributed by atoms with Gasteiger partial charge in [0.2, 0.25) is 11.8 Å². The third kappa shape index (κ3) is 7.65. The number of aromatic nitrogens is 6. The Morgan fingerprint density at radius 2 is 1.83 bits per heavy atom. The summed E-state index contributed by atoms with van der Waals surface area (Å²) >= 11 is 12.6. The SMILES string of the molecule is COC(=O)Nc1ccc(-c2cc(C(CC(=O)N(C)C)NC(=O)C=Cc3cc(Cl)ccc3-n3cnnn3)c(Cl)nn2)cc1. The van der Waals surface area contributed by atoms with Gasteiger partial charge in [0.15, 0.2) is 5.15 Å². The molecular formula is C27H25Cl2N9O4. The first-order valence-corrected chi connectivity index (χ1v) is 13.1. The van der Waals surface area contributed by atoms with Crippen LogP contribution in [0.4, 0.5) is 10.5 Å². The number of ether oxygens (including phenoxy) is 1. The van der Waals surface area contributed by atoms with E-state index in [0.29, 0.717) is 38.8 Å². The number of carbonyl (C=O) groups excluding carboxylic acids is 3. The number of anilines is 1. The van der Waals surface area contributed by atoms with Crippen LogP contribution in [0.25, 0.3) is 23.0 Å². The predicted molar refractivity (Wildman–Crippen MR) is 156 cm³/mol. The molecule has 2 N–H and O–H groups in total. The van der Waals surface area contributed by atoms with Crippen LogP contribution in [0.15, 0.2) is 60.9 Å². The van der Waals surface area contributed by atoms with Gasteiger partial charge in [0.25, 0.3) is 0 Å². The van der Waals surface area contributed by atoms with E-state index in [9.17, 15) is 14.4 Å². The number of nitrogens with zero attached hydrogens (tertiary/aromatic N) is 7. The van der Waals surface area contributed by atoms with Gasteiger partial charge < -0.3 is 15.0 Å². The number of carbonyl (C=O) groups is 3. The minimum atomic E-state index is -0.836. The number of hydrogen-bond acceptors (Lipinski definition) is 9. The van der Waals surface area contributed by atoms with Gasteiger partial charge in [-0.2, -0.15) is 4.68 Å². The lowest BCUT2D eigenvalue weighted by molar-refractivity contribution is -0.129. The molecule has 0 saturated heterocycles. The van der Waals surface area contributed by atoms with E-state index in [1.54, 1.807) is 68.7 Å². The Morgan fingerprint density at radius 1 is 1.07 bits per heavy atom. The van der Waals surface area contributed by atoms with Crippen molar-refractivity contribution >= 4 is 52.9 Å². The molecule has 4 rings (SSSR count). The third-order valence-corrected chi connectivity index (χ3v) is 6.49. The van der Waals surface area contributed by atoms with Crippen molar-refractivity contribution in [3.05, 3.63) is 82.2 Å². The quantitative estimate of drug-likeness (QED) is 0.268. The zero-order valence-electron chi connectivity index (χ0n) is 22.7. The Kier molecular flexibility index (Phi) is 9.78. The molecule has 1 unspecified atom stereocenters. The second-order valence-corrected chi connectivity index (χ2v) is 9.81. The summed E-state index contributed by atoms with van der Waals surface area (Å²) in [5.41, 5.74) is 3.21. The highest BCUT2D eigenvalue weighted by molar-refractivity contribution is 6.31. The van der Waals surface area contributed by atoms with Gasteiger partial charge in [-0.15, -0.1) is 15.3 Å². The highest BCUT2D eigenvalue weighted by Gasteiger charge is 2.23. The molecule has 3 amide bonds. The number of benzene rings is 2. The molecule has 42 heavy (non-hydrogen) atoms. The van der Waals surface area contributed by atoms with Crippen LogP contribution in [0.3, 0.4) is 0 Å². The van der Waals surface area contributed by atoms with Crippen LogP contribution in [0.1, 0.15) is 23.6 Å². The minimum Gasteiger partial charge on any atom is -0.453 e. The van der Waals surface area contributed by atoms with Crippen LogP contribution < -0.4 is 10.6 Å². The average molecular weight is 610 g/mol. The summed E-state index contributed by atoms with van der Waals surface area (Å²) < 4.78 is 6.04. The fourth-order valence-corrected chi connectivity index (χ4v) is 4.19. The van der Waals surface area contributed by atoms with Crippen molar-refractivity contribution in [1.82, 2.24) is 40.6 Å². The molecule has 0 fully saturated rings. The molecule has 15 heteroatoms. The Balaban J connectivity index is 1.61. The van der Waals surface area contributed by atoms with E-state index < -0.39 is 18.0 Å². The molecule has 2 aromatic heterocycles. The lowest BCUT2D eigenvalue weighted by atomic mass is 10.0. The molecule has 0 bridgehead atoms. The number of halogens is 2. The van der Waals surface area contributed by atoms with Crippen molar-refractivity contribution < 1.29 is 19.1 Å². The van der Waals surface area contributed by atoms with Crippen LogP contribution >= 0.6 is 23.2 Å². The fraction of sp³-hybridized carbons (Fsp3) is 0.185. The van der Waals surface area contributed by atoms with Gasteiger partial charge in [-0.1, -0.05) is 35.3 Å². The Morgan fingerprint density at radius 3 is 2.50 bits per heavy atom. The monoisotopic (exact) mass is 609 g/mol. The van der Waals surface area contributed by atoms with Crippen LogP contribution in [-0.2, 0) is 14.3 Å². The van der Waals surface area contributed by atoms with Crippen LogP contribution in [0.5, 0.6) is 0 Å². The van der Waals surface area contributed by atoms with Crippen molar-refractivity contribution in [1.29, 1.82) is 0 Å². The molecule has 1 atom stereocenters. The second-order valence-electron chi connectivity index (χ2n) is 9.01. The van der Waals surface area contributed by atoms with E-state index in [1.165, 1.54) is 29.1 Å². The van der Waals surface area contributed by atoms with Crippen LogP contribution in [0.2, 0.25) is 10.2 Å². The molecule has 0 aliphatic carbocycles. The largest absolute Gasteiger partial charge is 0.453 e. The Bertz CT molecular complexity index is 1610. The summed E-state index contributed by atoms with van der Waals surface area (Å²) in [6.45, 7) is 0. The molecule has 0 spiro atoms. The Hall–Kier alpha value is -4.88. The number of amides is 3. The first-order valence-electron chi connectivity index (χ1n) is 12.3. The molecule has 2 heterocycles. The molecule has 0 radical (unpaired) electrons. The van der Waals surface area contributed by atoms with Gasteiger partial charge in [0.05, 0.1) is 31.0 Å². The lowest BCUT2D eigenvalue weighted by Gasteiger charge is -2.21. The van der Waals surface area contributed by atoms with Crippen LogP contribution in [0, 0.1) is 0 Å². The molecule has 2 aromatic carbocycles. The highest BCUT2D eigenvalue weighted by atomic mass is 35.5. The van der Waals surface area contributed by atoms with Gasteiger partial charge >= 0.3 is 6.09 Å². The smallest absolute Gasteiger partial charge is 0.411 e. The topological polar surface area (TPSA) is 157 Å². The summed E-state index contributed by atoms with van der Waals surface area (Å²) in [7, 11) is 4.50. The maximum absolute atomic E-state index is 13.1. The molecule has 0 aliphatic heterocycles. The molecule has 0 saturated carbocycles. The normalized spacial score (nSPS) is 11.6. The highest BCUT2D eigenvalue weighted by Crippen LogP contribution is 2.29. The number of tetrazole rings is 1. The molecule has 216 valence electrons. The van der Waals surface area contributed by atoms with Gasteiger partial charge in [0, 0.05) is 47.6 Å². The summed E-state index contributed by atoms with van der Waals surface area (Å²) in [5, 5.41) is 25.3. The van der Waals surface area contributed by atoms with Crippen molar-refractivity contribution in [2.24, 2.45) is 0 Å². The van der Waals surface area contributed by atoms with Gasteiger partial charge in [-0.05, 0) is 52.9 Å². The summed E-state index contributed by atoms with van der Waals surface area (Å²) in [4.78, 5) is 38.7. The molecule has 4 aromatic rings. The van der Waals surface area contributed by atoms with Crippen LogP contribution in [-0.4, -0.2) is 74.4 Å². The average Bonchev–Trinajstić information content (AvgIpc) is 3.51. The van der Waals surface area contributed by atoms with E-state index in [2.05, 4.69) is 41.1 Å². The third-order valence-electron chi connectivity index (χ3n) is 5.96. The van der Waals surface area contributed by atoms with E-state index in [4.69, 9.17) is 23.2 Å². The summed E-state index contributed by atoms with van der Waals surface area (Å²) in [6, 6.07) is 12.7. The van der Waals surface area contributed by atoms with E-state index >= 15 is 0 Å². The number of nitrogens with one attached hydrogen (secondary N) is 2. The number of methoxy groups -OCH3 is 1. The van der Waals surface area contributed by atoms with Crippen molar-refractivity contribution in [3.8, 4) is 16.9 Å².